The predicted octanol–water partition coefficient (Wildman–Crippen LogP) is 3.58. The molecule has 2 aromatic rings. The minimum absolute atomic E-state index is 0.144. The van der Waals surface area contributed by atoms with Crippen LogP contribution < -0.4 is 4.74 Å². The summed E-state index contributed by atoms with van der Waals surface area (Å²) < 4.78 is 5.14. The molecule has 4 nitrogen and oxygen atoms in total. The van der Waals surface area contributed by atoms with E-state index in [4.69, 9.17) is 21.4 Å². The molecule has 1 N–H and O–H groups in total. The fraction of sp³-hybridized carbons (Fsp3) is 0.125. The molecule has 108 valence electrons. The minimum atomic E-state index is -1.02. The van der Waals surface area contributed by atoms with Gasteiger partial charge >= 0.3 is 11.9 Å². The Kier molecular flexibility index (Phi) is 4.95. The maximum absolute atomic E-state index is 11.7. The Morgan fingerprint density at radius 1 is 1.05 bits per heavy atom. The Morgan fingerprint density at radius 3 is 2.33 bits per heavy atom. The molecule has 0 fully saturated rings. The van der Waals surface area contributed by atoms with Crippen LogP contribution in [0.25, 0.3) is 0 Å². The van der Waals surface area contributed by atoms with E-state index in [0.29, 0.717) is 17.2 Å². The second-order valence-electron chi connectivity index (χ2n) is 4.40. The molecule has 0 heterocycles. The van der Waals surface area contributed by atoms with Gasteiger partial charge in [-0.1, -0.05) is 29.8 Å². The Morgan fingerprint density at radius 2 is 1.71 bits per heavy atom. The van der Waals surface area contributed by atoms with Crippen molar-refractivity contribution >= 4 is 23.5 Å². The third kappa shape index (κ3) is 4.33. The van der Waals surface area contributed by atoms with Gasteiger partial charge in [-0.3, -0.25) is 4.79 Å². The average Bonchev–Trinajstić information content (AvgIpc) is 2.47. The fourth-order valence-electron chi connectivity index (χ4n) is 1.79. The Bertz CT molecular complexity index is 650. The van der Waals surface area contributed by atoms with Gasteiger partial charge in [0.15, 0.2) is 0 Å². The van der Waals surface area contributed by atoms with Crippen molar-refractivity contribution in [2.45, 2.75) is 12.8 Å². The number of halogens is 1. The fourth-order valence-corrected chi connectivity index (χ4v) is 2.02. The number of esters is 1. The van der Waals surface area contributed by atoms with E-state index in [1.807, 2.05) is 18.2 Å². The molecule has 0 aromatic heterocycles. The van der Waals surface area contributed by atoms with Crippen molar-refractivity contribution in [3.05, 3.63) is 64.7 Å². The molecular weight excluding hydrogens is 292 g/mol. The van der Waals surface area contributed by atoms with E-state index < -0.39 is 11.9 Å². The topological polar surface area (TPSA) is 63.6 Å². The van der Waals surface area contributed by atoms with Gasteiger partial charge in [0.2, 0.25) is 0 Å². The number of carbonyl (C=O) groups is 2. The first-order valence-corrected chi connectivity index (χ1v) is 6.71. The van der Waals surface area contributed by atoms with E-state index in [9.17, 15) is 9.59 Å². The van der Waals surface area contributed by atoms with Crippen molar-refractivity contribution in [1.29, 1.82) is 0 Å². The summed E-state index contributed by atoms with van der Waals surface area (Å²) >= 11 is 6.01. The highest BCUT2D eigenvalue weighted by Crippen LogP contribution is 2.18. The number of rotatable bonds is 5. The second-order valence-corrected chi connectivity index (χ2v) is 4.80. The Balaban J connectivity index is 1.90. The first kappa shape index (κ1) is 15.1. The zero-order chi connectivity index (χ0) is 15.2. The molecular formula is C16H13ClO4. The molecule has 0 bridgehead atoms. The zero-order valence-electron chi connectivity index (χ0n) is 11.1. The number of aryl methyl sites for hydroxylation is 1. The van der Waals surface area contributed by atoms with Gasteiger partial charge in [-0.15, -0.1) is 0 Å². The van der Waals surface area contributed by atoms with Crippen LogP contribution in [0.4, 0.5) is 0 Å². The number of aromatic carboxylic acids is 1. The molecule has 21 heavy (non-hydrogen) atoms. The third-order valence-corrected chi connectivity index (χ3v) is 3.26. The van der Waals surface area contributed by atoms with Gasteiger partial charge in [0, 0.05) is 5.02 Å². The molecule has 2 rings (SSSR count). The predicted molar refractivity (Wildman–Crippen MR) is 78.8 cm³/mol. The second kappa shape index (κ2) is 6.90. The zero-order valence-corrected chi connectivity index (χ0v) is 11.8. The molecule has 0 radical (unpaired) electrons. The van der Waals surface area contributed by atoms with Crippen LogP contribution in [0.1, 0.15) is 22.3 Å². The van der Waals surface area contributed by atoms with Crippen LogP contribution in [-0.4, -0.2) is 17.0 Å². The van der Waals surface area contributed by atoms with E-state index in [0.717, 1.165) is 5.56 Å². The molecule has 0 aliphatic rings. The number of carboxylic acid groups (broad SMARTS) is 1. The van der Waals surface area contributed by atoms with Crippen molar-refractivity contribution < 1.29 is 19.4 Å². The molecule has 0 unspecified atom stereocenters. The van der Waals surface area contributed by atoms with Crippen LogP contribution >= 0.6 is 11.6 Å². The minimum Gasteiger partial charge on any atom is -0.478 e. The van der Waals surface area contributed by atoms with E-state index in [-0.39, 0.29) is 12.0 Å². The first-order chi connectivity index (χ1) is 10.1. The average molecular weight is 305 g/mol. The van der Waals surface area contributed by atoms with Crippen molar-refractivity contribution in [1.82, 2.24) is 0 Å². The number of hydrogen-bond acceptors (Lipinski definition) is 3. The van der Waals surface area contributed by atoms with Gasteiger partial charge in [0.1, 0.15) is 5.75 Å². The lowest BCUT2D eigenvalue weighted by molar-refractivity contribution is -0.134. The van der Waals surface area contributed by atoms with E-state index >= 15 is 0 Å². The van der Waals surface area contributed by atoms with Gasteiger partial charge in [-0.2, -0.15) is 0 Å². The number of carbonyl (C=O) groups excluding carboxylic acids is 1. The summed E-state index contributed by atoms with van der Waals surface area (Å²) in [6.07, 6.45) is 0.691. The molecule has 0 spiro atoms. The SMILES string of the molecule is O=C(CCc1ccccc1Cl)Oc1ccc(C(=O)O)cc1. The summed E-state index contributed by atoms with van der Waals surface area (Å²) in [6, 6.07) is 13.0. The lowest BCUT2D eigenvalue weighted by atomic mass is 10.1. The Hall–Kier alpha value is -2.33. The van der Waals surface area contributed by atoms with Gasteiger partial charge in [-0.05, 0) is 42.3 Å². The quantitative estimate of drug-likeness (QED) is 0.677. The number of benzene rings is 2. The molecule has 5 heteroatoms. The van der Waals surface area contributed by atoms with Crippen molar-refractivity contribution in [2.75, 3.05) is 0 Å². The standard InChI is InChI=1S/C16H13ClO4/c17-14-4-2-1-3-11(14)7-10-15(18)21-13-8-5-12(6-9-13)16(19)20/h1-6,8-9H,7,10H2,(H,19,20). The van der Waals surface area contributed by atoms with E-state index in [1.165, 1.54) is 24.3 Å². The van der Waals surface area contributed by atoms with Crippen LogP contribution in [0.3, 0.4) is 0 Å². The molecule has 0 saturated heterocycles. The molecule has 2 aromatic carbocycles. The number of carboxylic acids is 1. The largest absolute Gasteiger partial charge is 0.478 e. The van der Waals surface area contributed by atoms with Gasteiger partial charge < -0.3 is 9.84 Å². The number of hydrogen-bond donors (Lipinski definition) is 1. The highest BCUT2D eigenvalue weighted by Gasteiger charge is 2.08. The monoisotopic (exact) mass is 304 g/mol. The van der Waals surface area contributed by atoms with E-state index in [2.05, 4.69) is 0 Å². The van der Waals surface area contributed by atoms with Crippen LogP contribution in [0.15, 0.2) is 48.5 Å². The third-order valence-electron chi connectivity index (χ3n) is 2.89. The summed E-state index contributed by atoms with van der Waals surface area (Å²) in [6.45, 7) is 0. The molecule has 0 aliphatic carbocycles. The maximum atomic E-state index is 11.7. The van der Waals surface area contributed by atoms with Gasteiger partial charge in [0.25, 0.3) is 0 Å². The lowest BCUT2D eigenvalue weighted by Gasteiger charge is -2.06. The van der Waals surface area contributed by atoms with Gasteiger partial charge in [0.05, 0.1) is 12.0 Å². The molecule has 0 atom stereocenters. The Labute approximate surface area is 126 Å². The summed E-state index contributed by atoms with van der Waals surface area (Å²) in [5, 5.41) is 9.40. The number of ether oxygens (including phenoxy) is 1. The highest BCUT2D eigenvalue weighted by atomic mass is 35.5. The van der Waals surface area contributed by atoms with Crippen molar-refractivity contribution in [3.8, 4) is 5.75 Å². The van der Waals surface area contributed by atoms with E-state index in [1.54, 1.807) is 6.07 Å². The van der Waals surface area contributed by atoms with Crippen molar-refractivity contribution in [2.24, 2.45) is 0 Å². The van der Waals surface area contributed by atoms with Crippen LogP contribution in [-0.2, 0) is 11.2 Å². The maximum Gasteiger partial charge on any atom is 0.335 e. The summed E-state index contributed by atoms with van der Waals surface area (Å²) in [7, 11) is 0. The molecule has 0 amide bonds. The summed E-state index contributed by atoms with van der Waals surface area (Å²) in [5.41, 5.74) is 1.03. The van der Waals surface area contributed by atoms with Gasteiger partial charge in [-0.25, -0.2) is 4.79 Å². The van der Waals surface area contributed by atoms with Crippen LogP contribution in [0.2, 0.25) is 5.02 Å². The van der Waals surface area contributed by atoms with Crippen LogP contribution in [0.5, 0.6) is 5.75 Å². The highest BCUT2D eigenvalue weighted by molar-refractivity contribution is 6.31. The molecule has 0 aliphatic heterocycles. The summed E-state index contributed by atoms with van der Waals surface area (Å²) in [4.78, 5) is 22.4. The van der Waals surface area contributed by atoms with Crippen LogP contribution in [0, 0.1) is 0 Å². The molecule has 0 saturated carbocycles. The van der Waals surface area contributed by atoms with Crippen molar-refractivity contribution in [3.63, 3.8) is 0 Å². The normalized spacial score (nSPS) is 10.1. The summed E-state index contributed by atoms with van der Waals surface area (Å²) in [5.74, 6) is -1.09. The first-order valence-electron chi connectivity index (χ1n) is 6.33. The smallest absolute Gasteiger partial charge is 0.335 e. The lowest BCUT2D eigenvalue weighted by Crippen LogP contribution is -2.09.